The molecule has 2 aromatic rings. The molecule has 0 unspecified atom stereocenters. The van der Waals surface area contributed by atoms with Gasteiger partial charge in [0, 0.05) is 50.2 Å². The second kappa shape index (κ2) is 8.95. The fourth-order valence-corrected chi connectivity index (χ4v) is 3.68. The average Bonchev–Trinajstić information content (AvgIpc) is 2.66. The molecule has 2 heterocycles. The Labute approximate surface area is 156 Å². The van der Waals surface area contributed by atoms with Crippen molar-refractivity contribution >= 4 is 11.6 Å². The lowest BCUT2D eigenvalue weighted by Crippen LogP contribution is -2.47. The van der Waals surface area contributed by atoms with Gasteiger partial charge in [0.1, 0.15) is 0 Å². The number of amides is 1. The molecule has 0 bridgehead atoms. The van der Waals surface area contributed by atoms with Crippen LogP contribution in [0.2, 0.25) is 0 Å². The minimum atomic E-state index is 0.254. The van der Waals surface area contributed by atoms with Crippen LogP contribution in [-0.2, 0) is 11.3 Å². The molecule has 1 saturated heterocycles. The minimum absolute atomic E-state index is 0.254. The van der Waals surface area contributed by atoms with E-state index >= 15 is 0 Å². The molecule has 1 fully saturated rings. The molecule has 1 aliphatic heterocycles. The van der Waals surface area contributed by atoms with Crippen molar-refractivity contribution in [3.8, 4) is 0 Å². The van der Waals surface area contributed by atoms with Gasteiger partial charge in [0.2, 0.25) is 5.91 Å². The topological polar surface area (TPSA) is 36.4 Å². The highest BCUT2D eigenvalue weighted by Gasteiger charge is 2.28. The zero-order chi connectivity index (χ0) is 18.4. The van der Waals surface area contributed by atoms with Gasteiger partial charge >= 0.3 is 0 Å². The molecular weight excluding hydrogens is 322 g/mol. The van der Waals surface area contributed by atoms with Gasteiger partial charge in [0.15, 0.2) is 0 Å². The van der Waals surface area contributed by atoms with E-state index in [1.807, 2.05) is 12.4 Å². The quantitative estimate of drug-likeness (QED) is 0.783. The maximum Gasteiger partial charge on any atom is 0.227 e. The number of likely N-dealkylation sites (tertiary alicyclic amines) is 1. The first-order chi connectivity index (χ1) is 12.7. The van der Waals surface area contributed by atoms with E-state index in [2.05, 4.69) is 65.0 Å². The van der Waals surface area contributed by atoms with Crippen LogP contribution < -0.4 is 4.90 Å². The highest BCUT2D eigenvalue weighted by Crippen LogP contribution is 2.26. The number of carbonyl (C=O) groups excluding carboxylic acids is 1. The zero-order valence-corrected chi connectivity index (χ0v) is 15.9. The standard InChI is InChI=1S/C22H29N3O/c1-3-4-22(26)25(20-7-5-18(2)6-8-20)21-11-15-24(16-12-21)17-19-9-13-23-14-10-19/h5-10,13-14,21H,3-4,11-12,15-17H2,1-2H3. The summed E-state index contributed by atoms with van der Waals surface area (Å²) >= 11 is 0. The van der Waals surface area contributed by atoms with Gasteiger partial charge in [0.25, 0.3) is 0 Å². The lowest BCUT2D eigenvalue weighted by molar-refractivity contribution is -0.119. The number of piperidine rings is 1. The van der Waals surface area contributed by atoms with Crippen molar-refractivity contribution < 1.29 is 4.79 Å². The van der Waals surface area contributed by atoms with Gasteiger partial charge in [-0.2, -0.15) is 0 Å². The van der Waals surface area contributed by atoms with Gasteiger partial charge < -0.3 is 4.90 Å². The SMILES string of the molecule is CCCC(=O)N(c1ccc(C)cc1)C1CCN(Cc2ccncc2)CC1. The predicted molar refractivity (Wildman–Crippen MR) is 106 cm³/mol. The second-order valence-electron chi connectivity index (χ2n) is 7.21. The number of hydrogen-bond donors (Lipinski definition) is 0. The molecular formula is C22H29N3O. The first-order valence-corrected chi connectivity index (χ1v) is 9.67. The Morgan fingerprint density at radius 3 is 2.38 bits per heavy atom. The van der Waals surface area contributed by atoms with E-state index in [1.54, 1.807) is 0 Å². The fraction of sp³-hybridized carbons (Fsp3) is 0.455. The Morgan fingerprint density at radius 1 is 1.12 bits per heavy atom. The molecule has 138 valence electrons. The molecule has 26 heavy (non-hydrogen) atoms. The molecule has 1 aromatic heterocycles. The monoisotopic (exact) mass is 351 g/mol. The zero-order valence-electron chi connectivity index (χ0n) is 15.9. The van der Waals surface area contributed by atoms with Crippen LogP contribution in [0.1, 0.15) is 43.7 Å². The number of carbonyl (C=O) groups is 1. The Hall–Kier alpha value is -2.20. The van der Waals surface area contributed by atoms with Gasteiger partial charge in [-0.25, -0.2) is 0 Å². The van der Waals surface area contributed by atoms with Gasteiger partial charge in [0.05, 0.1) is 0 Å². The molecule has 0 atom stereocenters. The first-order valence-electron chi connectivity index (χ1n) is 9.67. The third-order valence-electron chi connectivity index (χ3n) is 5.12. The highest BCUT2D eigenvalue weighted by molar-refractivity contribution is 5.94. The van der Waals surface area contributed by atoms with Crippen molar-refractivity contribution in [2.75, 3.05) is 18.0 Å². The summed E-state index contributed by atoms with van der Waals surface area (Å²) in [4.78, 5) is 21.4. The molecule has 0 radical (unpaired) electrons. The number of hydrogen-bond acceptors (Lipinski definition) is 3. The van der Waals surface area contributed by atoms with Gasteiger partial charge in [-0.3, -0.25) is 14.7 Å². The predicted octanol–water partition coefficient (Wildman–Crippen LogP) is 4.19. The molecule has 3 rings (SSSR count). The van der Waals surface area contributed by atoms with Crippen molar-refractivity contribution in [3.05, 3.63) is 59.9 Å². The van der Waals surface area contributed by atoms with Crippen molar-refractivity contribution in [1.82, 2.24) is 9.88 Å². The number of pyridine rings is 1. The Bertz CT molecular complexity index is 691. The van der Waals surface area contributed by atoms with E-state index in [4.69, 9.17) is 0 Å². The van der Waals surface area contributed by atoms with Crippen LogP contribution >= 0.6 is 0 Å². The lowest BCUT2D eigenvalue weighted by Gasteiger charge is -2.38. The normalized spacial score (nSPS) is 15.8. The van der Waals surface area contributed by atoms with E-state index in [-0.39, 0.29) is 5.91 Å². The summed E-state index contributed by atoms with van der Waals surface area (Å²) in [6.07, 6.45) is 7.26. The van der Waals surface area contributed by atoms with Crippen molar-refractivity contribution in [3.63, 3.8) is 0 Å². The number of aryl methyl sites for hydroxylation is 1. The summed E-state index contributed by atoms with van der Waals surface area (Å²) in [7, 11) is 0. The van der Waals surface area contributed by atoms with Crippen LogP contribution in [0.4, 0.5) is 5.69 Å². The van der Waals surface area contributed by atoms with Crippen molar-refractivity contribution in [2.24, 2.45) is 0 Å². The summed E-state index contributed by atoms with van der Waals surface area (Å²) in [6.45, 7) is 7.16. The smallest absolute Gasteiger partial charge is 0.227 e. The van der Waals surface area contributed by atoms with Crippen LogP contribution in [0.25, 0.3) is 0 Å². The molecule has 1 aromatic carbocycles. The Kier molecular flexibility index (Phi) is 6.40. The number of benzene rings is 1. The average molecular weight is 351 g/mol. The third-order valence-corrected chi connectivity index (χ3v) is 5.12. The van der Waals surface area contributed by atoms with E-state index in [0.29, 0.717) is 12.5 Å². The first kappa shape index (κ1) is 18.6. The molecule has 0 N–H and O–H groups in total. The second-order valence-corrected chi connectivity index (χ2v) is 7.21. The molecule has 0 aliphatic carbocycles. The van der Waals surface area contributed by atoms with Crippen LogP contribution in [0.15, 0.2) is 48.8 Å². The summed E-state index contributed by atoms with van der Waals surface area (Å²) in [5, 5.41) is 0. The Balaban J connectivity index is 1.66. The summed E-state index contributed by atoms with van der Waals surface area (Å²) in [5.74, 6) is 0.254. The largest absolute Gasteiger partial charge is 0.309 e. The maximum absolute atomic E-state index is 12.8. The molecule has 1 amide bonds. The van der Waals surface area contributed by atoms with Crippen molar-refractivity contribution in [1.29, 1.82) is 0 Å². The van der Waals surface area contributed by atoms with E-state index < -0.39 is 0 Å². The fourth-order valence-electron chi connectivity index (χ4n) is 3.68. The summed E-state index contributed by atoms with van der Waals surface area (Å²) in [6, 6.07) is 12.8. The van der Waals surface area contributed by atoms with Crippen LogP contribution in [-0.4, -0.2) is 34.9 Å². The van der Waals surface area contributed by atoms with Crippen LogP contribution in [0.3, 0.4) is 0 Å². The molecule has 4 heteroatoms. The van der Waals surface area contributed by atoms with Crippen LogP contribution in [0, 0.1) is 6.92 Å². The molecule has 1 aliphatic rings. The molecule has 0 saturated carbocycles. The van der Waals surface area contributed by atoms with Gasteiger partial charge in [-0.05, 0) is 56.0 Å². The number of rotatable bonds is 6. The number of anilines is 1. The highest BCUT2D eigenvalue weighted by atomic mass is 16.2. The number of nitrogens with zero attached hydrogens (tertiary/aromatic N) is 3. The minimum Gasteiger partial charge on any atom is -0.309 e. The van der Waals surface area contributed by atoms with Gasteiger partial charge in [-0.15, -0.1) is 0 Å². The third kappa shape index (κ3) is 4.70. The van der Waals surface area contributed by atoms with Crippen LogP contribution in [0.5, 0.6) is 0 Å². The summed E-state index contributed by atoms with van der Waals surface area (Å²) in [5.41, 5.74) is 3.57. The Morgan fingerprint density at radius 2 is 1.77 bits per heavy atom. The van der Waals surface area contributed by atoms with Gasteiger partial charge in [-0.1, -0.05) is 24.6 Å². The molecule has 0 spiro atoms. The van der Waals surface area contributed by atoms with E-state index in [1.165, 1.54) is 11.1 Å². The van der Waals surface area contributed by atoms with Crippen molar-refractivity contribution in [2.45, 2.75) is 52.1 Å². The summed E-state index contributed by atoms with van der Waals surface area (Å²) < 4.78 is 0. The number of aromatic nitrogens is 1. The molecule has 4 nitrogen and oxygen atoms in total. The lowest BCUT2D eigenvalue weighted by atomic mass is 10.0. The van der Waals surface area contributed by atoms with E-state index in [9.17, 15) is 4.79 Å². The maximum atomic E-state index is 12.8. The van der Waals surface area contributed by atoms with E-state index in [0.717, 1.165) is 44.6 Å².